The van der Waals surface area contributed by atoms with Crippen LogP contribution in [0.15, 0.2) is 0 Å². The first kappa shape index (κ1) is 42.9. The standard InChI is InChI=1S/B.Ca.Mg.H2S.Zn.4H/h;;;1H2;;;;;/q;2*+2;;;4*-1. The monoisotopic (exact) mass is 177 g/mol. The summed E-state index contributed by atoms with van der Waals surface area (Å²) in [5.41, 5.74) is 0. The molecule has 0 fully saturated rings. The first-order valence-corrected chi connectivity index (χ1v) is 0. The molecule has 0 aliphatic rings. The Morgan fingerprint density at radius 1 is 1.20 bits per heavy atom. The second-order valence-electron chi connectivity index (χ2n) is 0. The van der Waals surface area contributed by atoms with Crippen molar-refractivity contribution in [1.82, 2.24) is 0 Å². The fraction of sp³-hybridized carbons (Fsp3) is 0. The zero-order valence-corrected chi connectivity index (χ0v) is 10.8. The van der Waals surface area contributed by atoms with Crippen LogP contribution in [0.5, 0.6) is 0 Å². The van der Waals surface area contributed by atoms with Gasteiger partial charge in [-0.1, -0.05) is 0 Å². The summed E-state index contributed by atoms with van der Waals surface area (Å²) < 4.78 is 0. The molecule has 21 valence electrons. The third-order valence-electron chi connectivity index (χ3n) is 0. The maximum absolute atomic E-state index is 0. The van der Waals surface area contributed by atoms with E-state index in [-0.39, 0.29) is 108 Å². The van der Waals surface area contributed by atoms with Crippen LogP contribution in [-0.4, -0.2) is 69.2 Å². The molecule has 0 spiro atoms. The molecule has 0 unspecified atom stereocenters. The second kappa shape index (κ2) is 27.7. The molecule has 5 heteroatoms. The molecule has 0 rings (SSSR count). The molecule has 0 nitrogen and oxygen atoms in total. The summed E-state index contributed by atoms with van der Waals surface area (Å²) in [5.74, 6) is 0. The molecular weight excluding hydrogens is 173 g/mol. The van der Waals surface area contributed by atoms with Crippen molar-refractivity contribution in [1.29, 1.82) is 0 Å². The van der Waals surface area contributed by atoms with Gasteiger partial charge in [-0.2, -0.15) is 13.5 Å². The van der Waals surface area contributed by atoms with Gasteiger partial charge in [0.1, 0.15) is 0 Å². The van der Waals surface area contributed by atoms with E-state index in [1.54, 1.807) is 0 Å². The van der Waals surface area contributed by atoms with Crippen LogP contribution < -0.4 is 0 Å². The number of hydrogen-bond donors (Lipinski definition) is 0. The van der Waals surface area contributed by atoms with Crippen molar-refractivity contribution < 1.29 is 25.2 Å². The van der Waals surface area contributed by atoms with Gasteiger partial charge < -0.3 is 5.71 Å². The van der Waals surface area contributed by atoms with Gasteiger partial charge in [0, 0.05) is 27.9 Å². The van der Waals surface area contributed by atoms with Gasteiger partial charge in [-0.3, -0.25) is 0 Å². The van der Waals surface area contributed by atoms with Crippen molar-refractivity contribution in [3.8, 4) is 0 Å². The van der Waals surface area contributed by atoms with E-state index in [4.69, 9.17) is 0 Å². The SMILES string of the molecule is S.[B].[Ca+2].[H-].[H-].[H-].[H-].[Mg+2].[Zn]. The van der Waals surface area contributed by atoms with Crippen LogP contribution in [-0.2, 0) is 19.5 Å². The van der Waals surface area contributed by atoms with E-state index in [2.05, 4.69) is 0 Å². The van der Waals surface area contributed by atoms with E-state index in [0.717, 1.165) is 0 Å². The van der Waals surface area contributed by atoms with E-state index >= 15 is 0 Å². The van der Waals surface area contributed by atoms with Crippen LogP contribution in [0.1, 0.15) is 5.71 Å². The summed E-state index contributed by atoms with van der Waals surface area (Å²) in [4.78, 5) is 0. The van der Waals surface area contributed by atoms with Gasteiger partial charge in [-0.15, -0.1) is 0 Å². The molecule has 0 aromatic rings. The molecule has 0 bridgehead atoms. The van der Waals surface area contributed by atoms with Crippen molar-refractivity contribution in [2.24, 2.45) is 0 Å². The number of rotatable bonds is 0. The van der Waals surface area contributed by atoms with Gasteiger partial charge >= 0.3 is 60.8 Å². The van der Waals surface area contributed by atoms with Crippen LogP contribution in [0.3, 0.4) is 0 Å². The largest absolute Gasteiger partial charge is 2.00 e. The van der Waals surface area contributed by atoms with E-state index in [1.165, 1.54) is 0 Å². The molecule has 0 N–H and O–H groups in total. The average Bonchev–Trinajstić information content (AvgIpc) is 0. The van der Waals surface area contributed by atoms with Crippen molar-refractivity contribution >= 4 is 82.7 Å². The third-order valence-corrected chi connectivity index (χ3v) is 0. The molecule has 0 saturated heterocycles. The van der Waals surface area contributed by atoms with Gasteiger partial charge in [0.15, 0.2) is 0 Å². The quantitative estimate of drug-likeness (QED) is 0.436. The predicted octanol–water partition coefficient (Wildman–Crippen LogP) is -0.582. The van der Waals surface area contributed by atoms with Crippen LogP contribution in [0.2, 0.25) is 0 Å². The second-order valence-corrected chi connectivity index (χ2v) is 0. The first-order chi connectivity index (χ1) is 0. The number of hydrogen-bond acceptors (Lipinski definition) is 0. The van der Waals surface area contributed by atoms with Gasteiger partial charge in [0.25, 0.3) is 0 Å². The van der Waals surface area contributed by atoms with Crippen molar-refractivity contribution in [2.75, 3.05) is 0 Å². The maximum atomic E-state index is 0. The fourth-order valence-corrected chi connectivity index (χ4v) is 0. The maximum Gasteiger partial charge on any atom is 2.00 e. The van der Waals surface area contributed by atoms with Gasteiger partial charge in [-0.05, 0) is 0 Å². The molecule has 0 heterocycles. The van der Waals surface area contributed by atoms with Crippen LogP contribution in [0.25, 0.3) is 0 Å². The normalized spacial score (nSPS) is 0. The Hall–Kier alpha value is 3.06. The Bertz CT molecular complexity index is 20.5. The van der Waals surface area contributed by atoms with Crippen molar-refractivity contribution in [2.45, 2.75) is 0 Å². The molecular formula is H6BCaMgSZn. The Labute approximate surface area is 106 Å². The Balaban J connectivity index is 0. The predicted molar refractivity (Wildman–Crippen MR) is 32.1 cm³/mol. The zero-order valence-electron chi connectivity index (χ0n) is 7.20. The summed E-state index contributed by atoms with van der Waals surface area (Å²) in [7, 11) is 0. The summed E-state index contributed by atoms with van der Waals surface area (Å²) in [6.45, 7) is 0. The molecule has 0 aliphatic carbocycles. The fourth-order valence-electron chi connectivity index (χ4n) is 0. The Morgan fingerprint density at radius 3 is 1.20 bits per heavy atom. The molecule has 0 atom stereocenters. The van der Waals surface area contributed by atoms with E-state index in [1.807, 2.05) is 0 Å². The Morgan fingerprint density at radius 2 is 1.20 bits per heavy atom. The Kier molecular flexibility index (Phi) is 237. The molecule has 0 aromatic heterocycles. The third kappa shape index (κ3) is 19.3. The molecule has 0 aliphatic heterocycles. The summed E-state index contributed by atoms with van der Waals surface area (Å²) in [6, 6.07) is 0. The molecule has 0 amide bonds. The average molecular weight is 179 g/mol. The van der Waals surface area contributed by atoms with E-state index in [9.17, 15) is 0 Å². The zero-order chi connectivity index (χ0) is 0. The summed E-state index contributed by atoms with van der Waals surface area (Å²) in [5, 5.41) is 0. The van der Waals surface area contributed by atoms with Gasteiger partial charge in [-0.25, -0.2) is 0 Å². The van der Waals surface area contributed by atoms with E-state index in [0.29, 0.717) is 0 Å². The summed E-state index contributed by atoms with van der Waals surface area (Å²) in [6.07, 6.45) is 0. The minimum absolute atomic E-state index is 0. The van der Waals surface area contributed by atoms with Gasteiger partial charge in [0.05, 0.1) is 0 Å². The minimum atomic E-state index is 0. The van der Waals surface area contributed by atoms with Crippen molar-refractivity contribution in [3.05, 3.63) is 0 Å². The van der Waals surface area contributed by atoms with Crippen LogP contribution in [0.4, 0.5) is 0 Å². The van der Waals surface area contributed by atoms with Gasteiger partial charge in [0.2, 0.25) is 0 Å². The van der Waals surface area contributed by atoms with Crippen LogP contribution >= 0.6 is 13.5 Å². The molecule has 5 heavy (non-hydrogen) atoms. The van der Waals surface area contributed by atoms with Crippen molar-refractivity contribution in [3.63, 3.8) is 0 Å². The van der Waals surface area contributed by atoms with E-state index < -0.39 is 0 Å². The first-order valence-electron chi connectivity index (χ1n) is 0. The molecule has 0 aromatic carbocycles. The molecule has 0 saturated carbocycles. The minimum Gasteiger partial charge on any atom is -1.00 e. The van der Waals surface area contributed by atoms with Crippen LogP contribution in [0, 0.1) is 0 Å². The topological polar surface area (TPSA) is 0 Å². The summed E-state index contributed by atoms with van der Waals surface area (Å²) >= 11 is 0. The smallest absolute Gasteiger partial charge is 1.00 e. The molecule has 3 radical (unpaired) electrons.